The summed E-state index contributed by atoms with van der Waals surface area (Å²) in [4.78, 5) is 12.5. The Morgan fingerprint density at radius 2 is 1.89 bits per heavy atom. The van der Waals surface area contributed by atoms with E-state index in [1.165, 1.54) is 0 Å². The molecule has 0 unspecified atom stereocenters. The molecule has 4 heteroatoms. The molecule has 0 fully saturated rings. The molecule has 2 aromatic carbocycles. The fraction of sp³-hybridized carbons (Fsp3) is 0. The smallest absolute Gasteiger partial charge is 0.229 e. The lowest BCUT2D eigenvalue weighted by Crippen LogP contribution is -2.01. The summed E-state index contributed by atoms with van der Waals surface area (Å²) in [6.07, 6.45) is 0. The van der Waals surface area contributed by atoms with Gasteiger partial charge in [-0.25, -0.2) is 0 Å². The first-order chi connectivity index (χ1) is 9.15. The van der Waals surface area contributed by atoms with Crippen molar-refractivity contribution in [2.24, 2.45) is 0 Å². The Hall–Kier alpha value is -1.14. The summed E-state index contributed by atoms with van der Waals surface area (Å²) in [6.45, 7) is 0. The number of carbonyl (C=O) groups is 1. The largest absolute Gasteiger partial charge is 0.453 e. The fourth-order valence-electron chi connectivity index (χ4n) is 1.90. The highest BCUT2D eigenvalue weighted by atomic mass is 127. The molecule has 0 spiro atoms. The van der Waals surface area contributed by atoms with E-state index in [-0.39, 0.29) is 5.78 Å². The Labute approximate surface area is 132 Å². The van der Waals surface area contributed by atoms with E-state index in [4.69, 9.17) is 4.42 Å². The van der Waals surface area contributed by atoms with Crippen molar-refractivity contribution >= 4 is 55.3 Å². The number of fused-ring (bicyclic) bond motifs is 1. The number of hydrogen-bond acceptors (Lipinski definition) is 2. The maximum atomic E-state index is 12.5. The zero-order chi connectivity index (χ0) is 13.4. The monoisotopic (exact) mass is 426 g/mol. The van der Waals surface area contributed by atoms with Crippen molar-refractivity contribution in [1.29, 1.82) is 0 Å². The van der Waals surface area contributed by atoms with Gasteiger partial charge in [0.25, 0.3) is 0 Å². The molecule has 0 aliphatic carbocycles. The van der Waals surface area contributed by atoms with E-state index < -0.39 is 0 Å². The first kappa shape index (κ1) is 12.9. The fourth-order valence-corrected chi connectivity index (χ4v) is 2.82. The minimum atomic E-state index is -0.110. The van der Waals surface area contributed by atoms with E-state index >= 15 is 0 Å². The molecular formula is C15H8BrIO2. The maximum absolute atomic E-state index is 12.5. The summed E-state index contributed by atoms with van der Waals surface area (Å²) >= 11 is 5.59. The SMILES string of the molecule is O=C(c1cc2ccccc2o1)c1cc(I)ccc1Br. The van der Waals surface area contributed by atoms with Gasteiger partial charge in [-0.1, -0.05) is 34.1 Å². The molecule has 0 saturated carbocycles. The number of furan rings is 1. The van der Waals surface area contributed by atoms with Crippen molar-refractivity contribution in [3.63, 3.8) is 0 Å². The summed E-state index contributed by atoms with van der Waals surface area (Å²) < 4.78 is 7.40. The van der Waals surface area contributed by atoms with Crippen LogP contribution in [0, 0.1) is 3.57 Å². The van der Waals surface area contributed by atoms with Crippen LogP contribution >= 0.6 is 38.5 Å². The number of ketones is 1. The Kier molecular flexibility index (Phi) is 3.45. The zero-order valence-electron chi connectivity index (χ0n) is 9.69. The van der Waals surface area contributed by atoms with Gasteiger partial charge in [0.2, 0.25) is 5.78 Å². The third-order valence-electron chi connectivity index (χ3n) is 2.82. The third-order valence-corrected chi connectivity index (χ3v) is 4.18. The molecule has 0 N–H and O–H groups in total. The van der Waals surface area contributed by atoms with Crippen molar-refractivity contribution in [2.45, 2.75) is 0 Å². The van der Waals surface area contributed by atoms with E-state index in [2.05, 4.69) is 38.5 Å². The van der Waals surface area contributed by atoms with Gasteiger partial charge in [-0.2, -0.15) is 0 Å². The first-order valence-corrected chi connectivity index (χ1v) is 7.50. The highest BCUT2D eigenvalue weighted by Gasteiger charge is 2.17. The molecule has 94 valence electrons. The average Bonchev–Trinajstić information content (AvgIpc) is 2.84. The third kappa shape index (κ3) is 2.47. The number of carbonyl (C=O) groups excluding carboxylic acids is 1. The highest BCUT2D eigenvalue weighted by Crippen LogP contribution is 2.25. The zero-order valence-corrected chi connectivity index (χ0v) is 13.4. The first-order valence-electron chi connectivity index (χ1n) is 5.63. The van der Waals surface area contributed by atoms with Crippen molar-refractivity contribution < 1.29 is 9.21 Å². The standard InChI is InChI=1S/C15H8BrIO2/c16-12-6-5-10(17)8-11(12)15(18)14-7-9-3-1-2-4-13(9)19-14/h1-8H. The average molecular weight is 427 g/mol. The Morgan fingerprint density at radius 1 is 1.11 bits per heavy atom. The maximum Gasteiger partial charge on any atom is 0.229 e. The minimum Gasteiger partial charge on any atom is -0.453 e. The van der Waals surface area contributed by atoms with Crippen LogP contribution in [0.15, 0.2) is 57.4 Å². The second kappa shape index (κ2) is 5.09. The molecule has 1 heterocycles. The van der Waals surface area contributed by atoms with Crippen molar-refractivity contribution in [1.82, 2.24) is 0 Å². The molecule has 2 nitrogen and oxygen atoms in total. The molecule has 19 heavy (non-hydrogen) atoms. The van der Waals surface area contributed by atoms with Gasteiger partial charge in [0.05, 0.1) is 0 Å². The molecule has 3 aromatic rings. The molecule has 0 amide bonds. The molecule has 0 radical (unpaired) electrons. The van der Waals surface area contributed by atoms with E-state index in [0.29, 0.717) is 11.3 Å². The molecule has 0 bridgehead atoms. The predicted molar refractivity (Wildman–Crippen MR) is 86.5 cm³/mol. The van der Waals surface area contributed by atoms with E-state index in [9.17, 15) is 4.79 Å². The number of rotatable bonds is 2. The lowest BCUT2D eigenvalue weighted by atomic mass is 10.1. The van der Waals surface area contributed by atoms with Crippen LogP contribution in [0.3, 0.4) is 0 Å². The van der Waals surface area contributed by atoms with E-state index in [1.807, 2.05) is 42.5 Å². The van der Waals surface area contributed by atoms with Gasteiger partial charge in [-0.05, 0) is 52.9 Å². The van der Waals surface area contributed by atoms with Crippen LogP contribution in [0.4, 0.5) is 0 Å². The topological polar surface area (TPSA) is 30.2 Å². The molecule has 3 rings (SSSR count). The minimum absolute atomic E-state index is 0.110. The van der Waals surface area contributed by atoms with Gasteiger partial charge in [0.1, 0.15) is 5.58 Å². The van der Waals surface area contributed by atoms with Gasteiger partial charge < -0.3 is 4.42 Å². The number of hydrogen-bond donors (Lipinski definition) is 0. The summed E-state index contributed by atoms with van der Waals surface area (Å²) in [5, 5.41) is 0.938. The summed E-state index contributed by atoms with van der Waals surface area (Å²) in [5.41, 5.74) is 1.35. The lowest BCUT2D eigenvalue weighted by molar-refractivity contribution is 0.101. The number of para-hydroxylation sites is 1. The molecule has 1 aromatic heterocycles. The van der Waals surface area contributed by atoms with Gasteiger partial charge in [0.15, 0.2) is 5.76 Å². The lowest BCUT2D eigenvalue weighted by Gasteiger charge is -2.01. The molecular weight excluding hydrogens is 419 g/mol. The van der Waals surface area contributed by atoms with Gasteiger partial charge in [-0.3, -0.25) is 4.79 Å². The van der Waals surface area contributed by atoms with Crippen LogP contribution in [0.1, 0.15) is 16.1 Å². The van der Waals surface area contributed by atoms with Gasteiger partial charge in [-0.15, -0.1) is 0 Å². The van der Waals surface area contributed by atoms with Crippen LogP contribution in [-0.4, -0.2) is 5.78 Å². The van der Waals surface area contributed by atoms with E-state index in [0.717, 1.165) is 19.0 Å². The quantitative estimate of drug-likeness (QED) is 0.425. The number of benzene rings is 2. The summed E-state index contributed by atoms with van der Waals surface area (Å²) in [7, 11) is 0. The van der Waals surface area contributed by atoms with Crippen LogP contribution in [0.2, 0.25) is 0 Å². The molecule has 0 aliphatic heterocycles. The Morgan fingerprint density at radius 3 is 2.68 bits per heavy atom. The second-order valence-corrected chi connectivity index (χ2v) is 6.20. The van der Waals surface area contributed by atoms with Crippen LogP contribution < -0.4 is 0 Å². The van der Waals surface area contributed by atoms with Crippen molar-refractivity contribution in [2.75, 3.05) is 0 Å². The van der Waals surface area contributed by atoms with E-state index in [1.54, 1.807) is 6.07 Å². The molecule has 0 aliphatic rings. The van der Waals surface area contributed by atoms with Gasteiger partial charge in [0, 0.05) is 19.0 Å². The Bertz CT molecular complexity index is 744. The van der Waals surface area contributed by atoms with Gasteiger partial charge >= 0.3 is 0 Å². The summed E-state index contributed by atoms with van der Waals surface area (Å²) in [6, 6.07) is 15.0. The summed E-state index contributed by atoms with van der Waals surface area (Å²) in [5.74, 6) is 0.255. The Balaban J connectivity index is 2.10. The molecule has 0 saturated heterocycles. The normalized spacial score (nSPS) is 10.8. The van der Waals surface area contributed by atoms with Crippen LogP contribution in [-0.2, 0) is 0 Å². The second-order valence-electron chi connectivity index (χ2n) is 4.10. The van der Waals surface area contributed by atoms with Crippen molar-refractivity contribution in [3.05, 3.63) is 67.9 Å². The van der Waals surface area contributed by atoms with Crippen molar-refractivity contribution in [3.8, 4) is 0 Å². The number of halogens is 2. The van der Waals surface area contributed by atoms with Crippen LogP contribution in [0.25, 0.3) is 11.0 Å². The highest BCUT2D eigenvalue weighted by molar-refractivity contribution is 14.1. The van der Waals surface area contributed by atoms with Crippen LogP contribution in [0.5, 0.6) is 0 Å². The molecule has 0 atom stereocenters. The predicted octanol–water partition coefficient (Wildman–Crippen LogP) is 5.03.